The fraction of sp³-hybridized carbons (Fsp3) is 0.500. The number of carbonyl (C=O) groups is 1. The van der Waals surface area contributed by atoms with E-state index < -0.39 is 0 Å². The highest BCUT2D eigenvalue weighted by atomic mass is 16.5. The largest absolute Gasteiger partial charge is 0.465 e. The first-order valence-electron chi connectivity index (χ1n) is 6.31. The fourth-order valence-corrected chi connectivity index (χ4v) is 1.45. The van der Waals surface area contributed by atoms with Crippen LogP contribution in [-0.4, -0.2) is 24.2 Å². The smallest absolute Gasteiger partial charge is 0.319 e. The average Bonchev–Trinajstić information content (AvgIpc) is 2.40. The Hall–Kier alpha value is -1.39. The van der Waals surface area contributed by atoms with Gasteiger partial charge in [-0.15, -0.1) is 0 Å². The maximum absolute atomic E-state index is 11.3. The van der Waals surface area contributed by atoms with Crippen LogP contribution in [0.15, 0.2) is 24.3 Å². The molecule has 0 saturated carbocycles. The summed E-state index contributed by atoms with van der Waals surface area (Å²) in [5.41, 5.74) is 1.96. The predicted molar refractivity (Wildman–Crippen MR) is 69.9 cm³/mol. The molecule has 1 aromatic rings. The third-order valence-corrected chi connectivity index (χ3v) is 2.56. The second kappa shape index (κ2) is 8.66. The van der Waals surface area contributed by atoms with Crippen molar-refractivity contribution in [2.45, 2.75) is 32.9 Å². The second-order valence-electron chi connectivity index (χ2n) is 4.15. The number of hydrogen-bond donors (Lipinski definition) is 2. The van der Waals surface area contributed by atoms with Gasteiger partial charge < -0.3 is 15.2 Å². The lowest BCUT2D eigenvalue weighted by Crippen LogP contribution is -2.24. The molecular formula is C14H21NO3. The van der Waals surface area contributed by atoms with Crippen LogP contribution in [-0.2, 0) is 22.7 Å². The van der Waals surface area contributed by atoms with Crippen molar-refractivity contribution >= 4 is 5.97 Å². The minimum absolute atomic E-state index is 0.0530. The molecule has 0 fully saturated rings. The quantitative estimate of drug-likeness (QED) is 0.544. The van der Waals surface area contributed by atoms with Gasteiger partial charge in [-0.1, -0.05) is 37.6 Å². The van der Waals surface area contributed by atoms with E-state index in [9.17, 15) is 4.79 Å². The van der Waals surface area contributed by atoms with Crippen molar-refractivity contribution in [2.75, 3.05) is 13.2 Å². The molecule has 0 radical (unpaired) electrons. The summed E-state index contributed by atoms with van der Waals surface area (Å²) in [4.78, 5) is 11.3. The van der Waals surface area contributed by atoms with Gasteiger partial charge in [0.05, 0.1) is 19.8 Å². The summed E-state index contributed by atoms with van der Waals surface area (Å²) in [7, 11) is 0. The van der Waals surface area contributed by atoms with Crippen LogP contribution < -0.4 is 5.32 Å². The standard InChI is InChI=1S/C14H21NO3/c1-2-3-8-18-14(17)10-15-9-12-4-6-13(11-16)7-5-12/h4-7,15-16H,2-3,8-11H2,1H3. The van der Waals surface area contributed by atoms with Gasteiger partial charge in [0.1, 0.15) is 0 Å². The molecule has 100 valence electrons. The van der Waals surface area contributed by atoms with Gasteiger partial charge in [-0.25, -0.2) is 0 Å². The number of aliphatic hydroxyl groups is 1. The van der Waals surface area contributed by atoms with E-state index in [-0.39, 0.29) is 19.1 Å². The van der Waals surface area contributed by atoms with E-state index >= 15 is 0 Å². The van der Waals surface area contributed by atoms with E-state index in [1.165, 1.54) is 0 Å². The first-order valence-corrected chi connectivity index (χ1v) is 6.31. The van der Waals surface area contributed by atoms with E-state index in [1.54, 1.807) is 0 Å². The van der Waals surface area contributed by atoms with Gasteiger partial charge >= 0.3 is 5.97 Å². The van der Waals surface area contributed by atoms with Crippen molar-refractivity contribution in [3.05, 3.63) is 35.4 Å². The zero-order valence-corrected chi connectivity index (χ0v) is 10.8. The number of esters is 1. The first kappa shape index (κ1) is 14.7. The van der Waals surface area contributed by atoms with E-state index in [0.29, 0.717) is 13.2 Å². The monoisotopic (exact) mass is 251 g/mol. The Morgan fingerprint density at radius 1 is 1.28 bits per heavy atom. The maximum atomic E-state index is 11.3. The Bertz CT molecular complexity index is 349. The van der Waals surface area contributed by atoms with Crippen molar-refractivity contribution in [1.29, 1.82) is 0 Å². The summed E-state index contributed by atoms with van der Waals surface area (Å²) < 4.78 is 5.02. The van der Waals surface area contributed by atoms with Gasteiger partial charge in [0.2, 0.25) is 0 Å². The molecule has 4 heteroatoms. The Morgan fingerprint density at radius 2 is 1.94 bits per heavy atom. The molecule has 0 unspecified atom stereocenters. The summed E-state index contributed by atoms with van der Waals surface area (Å²) in [6.07, 6.45) is 1.94. The van der Waals surface area contributed by atoms with Crippen LogP contribution in [0.2, 0.25) is 0 Å². The lowest BCUT2D eigenvalue weighted by atomic mass is 10.1. The molecule has 1 rings (SSSR count). The Balaban J connectivity index is 2.18. The maximum Gasteiger partial charge on any atom is 0.319 e. The summed E-state index contributed by atoms with van der Waals surface area (Å²) in [5.74, 6) is -0.213. The molecule has 0 atom stereocenters. The highest BCUT2D eigenvalue weighted by Gasteiger charge is 2.01. The number of benzene rings is 1. The van der Waals surface area contributed by atoms with Crippen molar-refractivity contribution in [3.8, 4) is 0 Å². The van der Waals surface area contributed by atoms with Crippen LogP contribution in [0.3, 0.4) is 0 Å². The number of hydrogen-bond acceptors (Lipinski definition) is 4. The average molecular weight is 251 g/mol. The lowest BCUT2D eigenvalue weighted by molar-refractivity contribution is -0.142. The van der Waals surface area contributed by atoms with Crippen LogP contribution in [0.25, 0.3) is 0 Å². The van der Waals surface area contributed by atoms with Gasteiger partial charge in [0.15, 0.2) is 0 Å². The Morgan fingerprint density at radius 3 is 2.56 bits per heavy atom. The number of aliphatic hydroxyl groups excluding tert-OH is 1. The van der Waals surface area contributed by atoms with Gasteiger partial charge in [-0.3, -0.25) is 4.79 Å². The molecule has 0 heterocycles. The molecule has 0 aliphatic heterocycles. The highest BCUT2D eigenvalue weighted by Crippen LogP contribution is 2.03. The molecule has 0 spiro atoms. The molecule has 0 aliphatic rings. The van der Waals surface area contributed by atoms with Crippen LogP contribution in [0.1, 0.15) is 30.9 Å². The molecule has 0 bridgehead atoms. The van der Waals surface area contributed by atoms with Crippen molar-refractivity contribution in [3.63, 3.8) is 0 Å². The number of rotatable bonds is 8. The molecule has 1 aromatic carbocycles. The minimum atomic E-state index is -0.213. The normalized spacial score (nSPS) is 10.3. The molecule has 0 saturated heterocycles. The van der Waals surface area contributed by atoms with Crippen LogP contribution in [0.5, 0.6) is 0 Å². The SMILES string of the molecule is CCCCOC(=O)CNCc1ccc(CO)cc1. The Labute approximate surface area is 108 Å². The number of unbranched alkanes of at least 4 members (excludes halogenated alkanes) is 1. The zero-order valence-electron chi connectivity index (χ0n) is 10.8. The van der Waals surface area contributed by atoms with Crippen LogP contribution in [0.4, 0.5) is 0 Å². The van der Waals surface area contributed by atoms with Crippen molar-refractivity contribution in [2.24, 2.45) is 0 Å². The van der Waals surface area contributed by atoms with E-state index in [1.807, 2.05) is 24.3 Å². The summed E-state index contributed by atoms with van der Waals surface area (Å²) in [6, 6.07) is 7.61. The van der Waals surface area contributed by atoms with Crippen molar-refractivity contribution in [1.82, 2.24) is 5.32 Å². The molecule has 0 aliphatic carbocycles. The van der Waals surface area contributed by atoms with E-state index in [2.05, 4.69) is 12.2 Å². The van der Waals surface area contributed by atoms with E-state index in [0.717, 1.165) is 24.0 Å². The second-order valence-corrected chi connectivity index (χ2v) is 4.15. The van der Waals surface area contributed by atoms with Crippen LogP contribution in [0, 0.1) is 0 Å². The molecule has 0 amide bonds. The third kappa shape index (κ3) is 5.80. The number of carbonyl (C=O) groups excluding carboxylic acids is 1. The molecule has 4 nitrogen and oxygen atoms in total. The molecule has 0 aromatic heterocycles. The molecule has 2 N–H and O–H groups in total. The highest BCUT2D eigenvalue weighted by molar-refractivity contribution is 5.71. The van der Waals surface area contributed by atoms with Crippen LogP contribution >= 0.6 is 0 Å². The zero-order chi connectivity index (χ0) is 13.2. The number of nitrogens with one attached hydrogen (secondary N) is 1. The summed E-state index contributed by atoms with van der Waals surface area (Å²) >= 11 is 0. The van der Waals surface area contributed by atoms with Gasteiger partial charge in [0, 0.05) is 6.54 Å². The van der Waals surface area contributed by atoms with Gasteiger partial charge in [-0.05, 0) is 17.5 Å². The minimum Gasteiger partial charge on any atom is -0.465 e. The van der Waals surface area contributed by atoms with Gasteiger partial charge in [-0.2, -0.15) is 0 Å². The van der Waals surface area contributed by atoms with E-state index in [4.69, 9.17) is 9.84 Å². The topological polar surface area (TPSA) is 58.6 Å². The van der Waals surface area contributed by atoms with Gasteiger partial charge in [0.25, 0.3) is 0 Å². The lowest BCUT2D eigenvalue weighted by Gasteiger charge is -2.06. The third-order valence-electron chi connectivity index (χ3n) is 2.56. The summed E-state index contributed by atoms with van der Waals surface area (Å²) in [5, 5.41) is 11.9. The first-order chi connectivity index (χ1) is 8.76. The predicted octanol–water partition coefficient (Wildman–Crippen LogP) is 1.61. The van der Waals surface area contributed by atoms with Crippen molar-refractivity contribution < 1.29 is 14.6 Å². The number of ether oxygens (including phenoxy) is 1. The molecular weight excluding hydrogens is 230 g/mol. The summed E-state index contributed by atoms with van der Waals surface area (Å²) in [6.45, 7) is 3.46. The fourth-order valence-electron chi connectivity index (χ4n) is 1.45. The Kier molecular flexibility index (Phi) is 7.06. The molecule has 18 heavy (non-hydrogen) atoms.